The standard InChI is InChI=1S/C13H16O/c1-3-11-6-4-5-7-12(11)13-9-8-10(2)14-13/h3,8-9H,1,4-7H2,2H3. The molecule has 1 nitrogen and oxygen atoms in total. The second-order valence-electron chi connectivity index (χ2n) is 3.83. The van der Waals surface area contributed by atoms with E-state index < -0.39 is 0 Å². The van der Waals surface area contributed by atoms with Crippen LogP contribution < -0.4 is 0 Å². The van der Waals surface area contributed by atoms with Gasteiger partial charge in [-0.05, 0) is 55.9 Å². The van der Waals surface area contributed by atoms with Gasteiger partial charge in [-0.15, -0.1) is 0 Å². The monoisotopic (exact) mass is 188 g/mol. The Kier molecular flexibility index (Phi) is 2.58. The van der Waals surface area contributed by atoms with Crippen LogP contribution in [0.4, 0.5) is 0 Å². The number of allylic oxidation sites excluding steroid dienone is 3. The zero-order valence-electron chi connectivity index (χ0n) is 8.68. The molecule has 1 aromatic heterocycles. The lowest BCUT2D eigenvalue weighted by atomic mass is 9.90. The molecule has 0 N–H and O–H groups in total. The summed E-state index contributed by atoms with van der Waals surface area (Å²) in [5, 5.41) is 0. The van der Waals surface area contributed by atoms with Gasteiger partial charge in [-0.25, -0.2) is 0 Å². The molecule has 0 fully saturated rings. The molecule has 1 aromatic rings. The van der Waals surface area contributed by atoms with Crippen molar-refractivity contribution in [3.05, 3.63) is 41.9 Å². The van der Waals surface area contributed by atoms with Gasteiger partial charge in [0.15, 0.2) is 0 Å². The van der Waals surface area contributed by atoms with Gasteiger partial charge in [-0.2, -0.15) is 0 Å². The van der Waals surface area contributed by atoms with Crippen molar-refractivity contribution < 1.29 is 4.42 Å². The van der Waals surface area contributed by atoms with Crippen molar-refractivity contribution in [1.29, 1.82) is 0 Å². The summed E-state index contributed by atoms with van der Waals surface area (Å²) in [5.74, 6) is 2.03. The van der Waals surface area contributed by atoms with Crippen molar-refractivity contribution in [2.24, 2.45) is 0 Å². The normalized spacial score (nSPS) is 17.2. The third-order valence-corrected chi connectivity index (χ3v) is 2.79. The van der Waals surface area contributed by atoms with E-state index in [1.54, 1.807) is 0 Å². The van der Waals surface area contributed by atoms with Gasteiger partial charge in [-0.1, -0.05) is 12.7 Å². The smallest absolute Gasteiger partial charge is 0.130 e. The molecule has 1 heteroatoms. The van der Waals surface area contributed by atoms with Gasteiger partial charge in [0, 0.05) is 0 Å². The van der Waals surface area contributed by atoms with E-state index in [0.29, 0.717) is 0 Å². The SMILES string of the molecule is C=CC1=C(c2ccc(C)o2)CCCC1. The van der Waals surface area contributed by atoms with E-state index in [2.05, 4.69) is 12.6 Å². The molecule has 2 rings (SSSR count). The molecule has 0 bridgehead atoms. The average molecular weight is 188 g/mol. The van der Waals surface area contributed by atoms with Crippen LogP contribution in [0.3, 0.4) is 0 Å². The summed E-state index contributed by atoms with van der Waals surface area (Å²) in [6.07, 6.45) is 6.82. The summed E-state index contributed by atoms with van der Waals surface area (Å²) in [6, 6.07) is 4.09. The minimum Gasteiger partial charge on any atom is -0.462 e. The van der Waals surface area contributed by atoms with E-state index in [-0.39, 0.29) is 0 Å². The van der Waals surface area contributed by atoms with Crippen LogP contribution in [0, 0.1) is 6.92 Å². The van der Waals surface area contributed by atoms with E-state index in [1.165, 1.54) is 24.0 Å². The molecule has 0 spiro atoms. The zero-order valence-corrected chi connectivity index (χ0v) is 8.68. The van der Waals surface area contributed by atoms with Gasteiger partial charge in [0.1, 0.15) is 11.5 Å². The largest absolute Gasteiger partial charge is 0.462 e. The Morgan fingerprint density at radius 1 is 1.29 bits per heavy atom. The van der Waals surface area contributed by atoms with Gasteiger partial charge >= 0.3 is 0 Å². The Morgan fingerprint density at radius 2 is 2.07 bits per heavy atom. The van der Waals surface area contributed by atoms with Crippen molar-refractivity contribution in [2.45, 2.75) is 32.6 Å². The van der Waals surface area contributed by atoms with Gasteiger partial charge in [0.2, 0.25) is 0 Å². The molecule has 0 saturated heterocycles. The Labute approximate surface area is 85.1 Å². The number of furan rings is 1. The van der Waals surface area contributed by atoms with Crippen LogP contribution in [0.5, 0.6) is 0 Å². The van der Waals surface area contributed by atoms with E-state index in [0.717, 1.165) is 24.4 Å². The molecule has 0 aromatic carbocycles. The lowest BCUT2D eigenvalue weighted by Crippen LogP contribution is -1.96. The van der Waals surface area contributed by atoms with E-state index in [1.807, 2.05) is 19.1 Å². The Hall–Kier alpha value is -1.24. The third-order valence-electron chi connectivity index (χ3n) is 2.79. The topological polar surface area (TPSA) is 13.1 Å². The maximum Gasteiger partial charge on any atom is 0.130 e. The number of rotatable bonds is 2. The average Bonchev–Trinajstić information content (AvgIpc) is 2.65. The first-order valence-electron chi connectivity index (χ1n) is 5.22. The highest BCUT2D eigenvalue weighted by atomic mass is 16.3. The molecule has 1 aliphatic carbocycles. The quantitative estimate of drug-likeness (QED) is 0.681. The summed E-state index contributed by atoms with van der Waals surface area (Å²) in [7, 11) is 0. The molecule has 14 heavy (non-hydrogen) atoms. The fourth-order valence-corrected chi connectivity index (χ4v) is 2.03. The fourth-order valence-electron chi connectivity index (χ4n) is 2.03. The van der Waals surface area contributed by atoms with Crippen LogP contribution in [0.1, 0.15) is 37.2 Å². The maximum atomic E-state index is 5.65. The highest BCUT2D eigenvalue weighted by Gasteiger charge is 2.14. The van der Waals surface area contributed by atoms with Crippen molar-refractivity contribution in [1.82, 2.24) is 0 Å². The molecule has 0 unspecified atom stereocenters. The first kappa shape index (κ1) is 9.32. The van der Waals surface area contributed by atoms with E-state index in [4.69, 9.17) is 4.42 Å². The van der Waals surface area contributed by atoms with Crippen LogP contribution in [-0.4, -0.2) is 0 Å². The van der Waals surface area contributed by atoms with Crippen LogP contribution in [0.2, 0.25) is 0 Å². The fraction of sp³-hybridized carbons (Fsp3) is 0.385. The van der Waals surface area contributed by atoms with Gasteiger partial charge in [0.25, 0.3) is 0 Å². The second kappa shape index (κ2) is 3.87. The van der Waals surface area contributed by atoms with Gasteiger partial charge in [-0.3, -0.25) is 0 Å². The lowest BCUT2D eigenvalue weighted by Gasteiger charge is -2.16. The van der Waals surface area contributed by atoms with Crippen molar-refractivity contribution in [3.8, 4) is 0 Å². The van der Waals surface area contributed by atoms with E-state index >= 15 is 0 Å². The zero-order chi connectivity index (χ0) is 9.97. The minimum atomic E-state index is 0.987. The molecule has 74 valence electrons. The molecular formula is C13H16O. The maximum absolute atomic E-state index is 5.65. The molecule has 0 radical (unpaired) electrons. The summed E-state index contributed by atoms with van der Waals surface area (Å²) in [5.41, 5.74) is 2.73. The molecule has 1 heterocycles. The lowest BCUT2D eigenvalue weighted by molar-refractivity contribution is 0.515. The van der Waals surface area contributed by atoms with Crippen molar-refractivity contribution in [3.63, 3.8) is 0 Å². The van der Waals surface area contributed by atoms with E-state index in [9.17, 15) is 0 Å². The highest BCUT2D eigenvalue weighted by molar-refractivity contribution is 5.68. The van der Waals surface area contributed by atoms with Crippen molar-refractivity contribution in [2.75, 3.05) is 0 Å². The molecular weight excluding hydrogens is 172 g/mol. The number of hydrogen-bond acceptors (Lipinski definition) is 1. The van der Waals surface area contributed by atoms with Crippen LogP contribution >= 0.6 is 0 Å². The Bertz CT molecular complexity index is 368. The minimum absolute atomic E-state index is 0.987. The molecule has 0 amide bonds. The highest BCUT2D eigenvalue weighted by Crippen LogP contribution is 2.33. The Morgan fingerprint density at radius 3 is 2.71 bits per heavy atom. The van der Waals surface area contributed by atoms with Crippen LogP contribution in [0.25, 0.3) is 5.57 Å². The van der Waals surface area contributed by atoms with Gasteiger partial charge in [0.05, 0.1) is 0 Å². The molecule has 0 aliphatic heterocycles. The summed E-state index contributed by atoms with van der Waals surface area (Å²) >= 11 is 0. The first-order chi connectivity index (χ1) is 6.81. The predicted octanol–water partition coefficient (Wildman–Crippen LogP) is 4.10. The number of hydrogen-bond donors (Lipinski definition) is 0. The molecule has 0 saturated carbocycles. The van der Waals surface area contributed by atoms with Gasteiger partial charge < -0.3 is 4.42 Å². The third kappa shape index (κ3) is 1.67. The van der Waals surface area contributed by atoms with Crippen LogP contribution in [-0.2, 0) is 0 Å². The first-order valence-corrected chi connectivity index (χ1v) is 5.22. The Balaban J connectivity index is 2.39. The summed E-state index contributed by atoms with van der Waals surface area (Å²) in [4.78, 5) is 0. The van der Waals surface area contributed by atoms with Crippen LogP contribution in [0.15, 0.2) is 34.8 Å². The predicted molar refractivity (Wildman–Crippen MR) is 59.0 cm³/mol. The second-order valence-corrected chi connectivity index (χ2v) is 3.83. The number of aryl methyl sites for hydroxylation is 1. The summed E-state index contributed by atoms with van der Waals surface area (Å²) in [6.45, 7) is 5.85. The summed E-state index contributed by atoms with van der Waals surface area (Å²) < 4.78 is 5.65. The molecule has 1 aliphatic rings. The van der Waals surface area contributed by atoms with Crippen molar-refractivity contribution >= 4 is 5.57 Å². The molecule has 0 atom stereocenters.